The first-order chi connectivity index (χ1) is 15.9. The summed E-state index contributed by atoms with van der Waals surface area (Å²) in [6.45, 7) is 7.14. The van der Waals surface area contributed by atoms with Crippen molar-refractivity contribution < 1.29 is 33.2 Å². The Morgan fingerprint density at radius 2 is 0.750 bits per heavy atom. The Labute approximate surface area is 191 Å². The average Bonchev–Trinajstić information content (AvgIpc) is 2.84. The van der Waals surface area contributed by atoms with Gasteiger partial charge in [0.1, 0.15) is 12.4 Å². The van der Waals surface area contributed by atoms with Gasteiger partial charge in [0.2, 0.25) is 0 Å². The maximum atomic E-state index is 5.55. The van der Waals surface area contributed by atoms with Gasteiger partial charge < -0.3 is 33.2 Å². The van der Waals surface area contributed by atoms with Crippen molar-refractivity contribution in [3.63, 3.8) is 0 Å². The molecule has 0 fully saturated rings. The van der Waals surface area contributed by atoms with Crippen molar-refractivity contribution in [2.45, 2.75) is 6.61 Å². The summed E-state index contributed by atoms with van der Waals surface area (Å²) in [5, 5.41) is 0. The molecule has 0 amide bonds. The second-order valence-corrected chi connectivity index (χ2v) is 6.76. The molecule has 0 unspecified atom stereocenters. The van der Waals surface area contributed by atoms with Gasteiger partial charge in [-0.1, -0.05) is 48.5 Å². The third-order valence-corrected chi connectivity index (χ3v) is 4.21. The van der Waals surface area contributed by atoms with Crippen molar-refractivity contribution in [3.8, 4) is 5.75 Å². The molecule has 0 heterocycles. The van der Waals surface area contributed by atoms with Crippen molar-refractivity contribution in [3.05, 3.63) is 66.2 Å². The van der Waals surface area contributed by atoms with E-state index in [1.165, 1.54) is 5.56 Å². The number of hydrogen-bond acceptors (Lipinski definition) is 7. The zero-order valence-corrected chi connectivity index (χ0v) is 18.8. The van der Waals surface area contributed by atoms with E-state index in [0.29, 0.717) is 85.9 Å². The van der Waals surface area contributed by atoms with Crippen molar-refractivity contribution in [2.24, 2.45) is 0 Å². The van der Waals surface area contributed by atoms with Crippen LogP contribution in [-0.2, 0) is 35.0 Å². The summed E-state index contributed by atoms with van der Waals surface area (Å²) in [5.41, 5.74) is 1.17. The maximum Gasteiger partial charge on any atom is 0.119 e. The fourth-order valence-corrected chi connectivity index (χ4v) is 2.60. The van der Waals surface area contributed by atoms with E-state index >= 15 is 0 Å². The van der Waals surface area contributed by atoms with Gasteiger partial charge in [-0.3, -0.25) is 0 Å². The topological polar surface area (TPSA) is 64.6 Å². The second-order valence-electron chi connectivity index (χ2n) is 6.76. The second kappa shape index (κ2) is 19.7. The summed E-state index contributed by atoms with van der Waals surface area (Å²) in [6.07, 6.45) is 0. The molecule has 2 aromatic rings. The number of hydrogen-bond donors (Lipinski definition) is 0. The van der Waals surface area contributed by atoms with Crippen LogP contribution in [0.15, 0.2) is 60.7 Å². The van der Waals surface area contributed by atoms with E-state index < -0.39 is 0 Å². The smallest absolute Gasteiger partial charge is 0.119 e. The van der Waals surface area contributed by atoms with Gasteiger partial charge in [-0.15, -0.1) is 0 Å². The van der Waals surface area contributed by atoms with E-state index in [4.69, 9.17) is 33.2 Å². The van der Waals surface area contributed by atoms with E-state index in [-0.39, 0.29) is 0 Å². The Balaban J connectivity index is 1.21. The first-order valence-electron chi connectivity index (χ1n) is 11.1. The predicted molar refractivity (Wildman–Crippen MR) is 122 cm³/mol. The third-order valence-electron chi connectivity index (χ3n) is 4.21. The molecule has 2 rings (SSSR count). The van der Waals surface area contributed by atoms with Crippen molar-refractivity contribution in [2.75, 3.05) is 79.3 Å². The lowest BCUT2D eigenvalue weighted by molar-refractivity contribution is -0.0186. The van der Waals surface area contributed by atoms with E-state index in [0.717, 1.165) is 5.75 Å². The number of ether oxygens (including phenoxy) is 7. The Hall–Kier alpha value is -2.00. The lowest BCUT2D eigenvalue weighted by atomic mass is 10.2. The van der Waals surface area contributed by atoms with Crippen molar-refractivity contribution in [1.82, 2.24) is 0 Å². The van der Waals surface area contributed by atoms with E-state index in [2.05, 4.69) is 0 Å². The predicted octanol–water partition coefficient (Wildman–Crippen LogP) is 3.37. The highest BCUT2D eigenvalue weighted by Gasteiger charge is 1.96. The zero-order valence-electron chi connectivity index (χ0n) is 18.8. The van der Waals surface area contributed by atoms with Crippen LogP contribution in [-0.4, -0.2) is 79.3 Å². The minimum Gasteiger partial charge on any atom is -0.491 e. The van der Waals surface area contributed by atoms with Crippen LogP contribution in [0.3, 0.4) is 0 Å². The Morgan fingerprint density at radius 1 is 0.375 bits per heavy atom. The molecule has 0 bridgehead atoms. The van der Waals surface area contributed by atoms with Crippen LogP contribution in [0.1, 0.15) is 5.56 Å². The molecule has 0 aromatic heterocycles. The van der Waals surface area contributed by atoms with Crippen LogP contribution in [0.2, 0.25) is 0 Å². The number of benzene rings is 2. The Morgan fingerprint density at radius 3 is 1.22 bits per heavy atom. The van der Waals surface area contributed by atoms with Crippen LogP contribution in [0, 0.1) is 0 Å². The zero-order chi connectivity index (χ0) is 22.4. The Bertz CT molecular complexity index is 582. The van der Waals surface area contributed by atoms with Gasteiger partial charge >= 0.3 is 0 Å². The molecule has 2 aromatic carbocycles. The highest BCUT2D eigenvalue weighted by Crippen LogP contribution is 2.07. The lowest BCUT2D eigenvalue weighted by Gasteiger charge is -2.09. The molecule has 7 nitrogen and oxygen atoms in total. The monoisotopic (exact) mass is 448 g/mol. The molecule has 0 aliphatic carbocycles. The van der Waals surface area contributed by atoms with Gasteiger partial charge in [0.05, 0.1) is 79.3 Å². The van der Waals surface area contributed by atoms with Gasteiger partial charge in [-0.05, 0) is 17.7 Å². The summed E-state index contributed by atoms with van der Waals surface area (Å²) in [5.74, 6) is 0.852. The third kappa shape index (κ3) is 14.9. The lowest BCUT2D eigenvalue weighted by Crippen LogP contribution is -2.14. The SMILES string of the molecule is c1ccc(COCCOCCOCCOCCOCCOCCOc2ccccc2)cc1. The molecular weight excluding hydrogens is 412 g/mol. The number of rotatable bonds is 21. The molecule has 0 atom stereocenters. The fraction of sp³-hybridized carbons (Fsp3) is 0.520. The van der Waals surface area contributed by atoms with Crippen LogP contribution in [0.4, 0.5) is 0 Å². The highest BCUT2D eigenvalue weighted by atomic mass is 16.6. The van der Waals surface area contributed by atoms with Gasteiger partial charge in [0, 0.05) is 0 Å². The molecule has 0 saturated heterocycles. The summed E-state index contributed by atoms with van der Waals surface area (Å²) in [4.78, 5) is 0. The Kier molecular flexibility index (Phi) is 16.1. The van der Waals surface area contributed by atoms with Crippen LogP contribution in [0.25, 0.3) is 0 Å². The molecular formula is C25H36O7. The minimum atomic E-state index is 0.528. The fourth-order valence-electron chi connectivity index (χ4n) is 2.60. The van der Waals surface area contributed by atoms with E-state index in [9.17, 15) is 0 Å². The van der Waals surface area contributed by atoms with E-state index in [1.807, 2.05) is 60.7 Å². The summed E-state index contributed by atoms with van der Waals surface area (Å²) in [6, 6.07) is 19.8. The molecule has 0 N–H and O–H groups in total. The van der Waals surface area contributed by atoms with Gasteiger partial charge in [-0.2, -0.15) is 0 Å². The standard InChI is InChI=1S/C25H36O7/c1-3-7-24(8-4-1)23-31-20-19-29-16-15-27-12-11-26-13-14-28-17-18-30-21-22-32-25-9-5-2-6-10-25/h1-10H,11-23H2. The first kappa shape index (κ1) is 26.3. The van der Waals surface area contributed by atoms with Gasteiger partial charge in [0.25, 0.3) is 0 Å². The summed E-state index contributed by atoms with van der Waals surface area (Å²) >= 11 is 0. The van der Waals surface area contributed by atoms with Gasteiger partial charge in [-0.25, -0.2) is 0 Å². The highest BCUT2D eigenvalue weighted by molar-refractivity contribution is 5.20. The number of para-hydroxylation sites is 1. The van der Waals surface area contributed by atoms with Crippen LogP contribution < -0.4 is 4.74 Å². The summed E-state index contributed by atoms with van der Waals surface area (Å²) < 4.78 is 38.4. The molecule has 0 aliphatic rings. The molecule has 32 heavy (non-hydrogen) atoms. The van der Waals surface area contributed by atoms with Crippen LogP contribution >= 0.6 is 0 Å². The first-order valence-corrected chi connectivity index (χ1v) is 11.1. The molecule has 178 valence electrons. The minimum absolute atomic E-state index is 0.528. The largest absolute Gasteiger partial charge is 0.491 e. The van der Waals surface area contributed by atoms with Crippen molar-refractivity contribution >= 4 is 0 Å². The van der Waals surface area contributed by atoms with Crippen molar-refractivity contribution in [1.29, 1.82) is 0 Å². The average molecular weight is 449 g/mol. The molecule has 0 radical (unpaired) electrons. The van der Waals surface area contributed by atoms with Gasteiger partial charge in [0.15, 0.2) is 0 Å². The van der Waals surface area contributed by atoms with E-state index in [1.54, 1.807) is 0 Å². The van der Waals surface area contributed by atoms with Crippen LogP contribution in [0.5, 0.6) is 5.75 Å². The normalized spacial score (nSPS) is 11.0. The molecule has 0 aliphatic heterocycles. The molecule has 7 heteroatoms. The molecule has 0 saturated carbocycles. The summed E-state index contributed by atoms with van der Waals surface area (Å²) in [7, 11) is 0. The maximum absolute atomic E-state index is 5.55. The quantitative estimate of drug-likeness (QED) is 0.271. The molecule has 0 spiro atoms.